The van der Waals surface area contributed by atoms with Crippen molar-refractivity contribution in [2.45, 2.75) is 0 Å². The minimum atomic E-state index is 0.561. The maximum absolute atomic E-state index is 5.81. The molecule has 16 heavy (non-hydrogen) atoms. The Labute approximate surface area is 109 Å². The van der Waals surface area contributed by atoms with Gasteiger partial charge in [0.15, 0.2) is 5.13 Å². The number of hydrogen-bond acceptors (Lipinski definition) is 5. The predicted molar refractivity (Wildman–Crippen MR) is 72.6 cm³/mol. The van der Waals surface area contributed by atoms with Crippen molar-refractivity contribution in [3.8, 4) is 0 Å². The molecule has 4 nitrogen and oxygen atoms in total. The molecular formula is C9H13ClN4S2. The number of anilines is 1. The van der Waals surface area contributed by atoms with E-state index in [0.29, 0.717) is 16.7 Å². The number of aromatic nitrogens is 1. The summed E-state index contributed by atoms with van der Waals surface area (Å²) in [6.45, 7) is 4.55. The van der Waals surface area contributed by atoms with Crippen molar-refractivity contribution in [3.63, 3.8) is 0 Å². The van der Waals surface area contributed by atoms with Crippen LogP contribution in [0.5, 0.6) is 0 Å². The smallest absolute Gasteiger partial charge is 0.186 e. The van der Waals surface area contributed by atoms with Gasteiger partial charge in [0.05, 0.1) is 4.99 Å². The van der Waals surface area contributed by atoms with Crippen molar-refractivity contribution in [1.29, 1.82) is 0 Å². The third-order valence-corrected chi connectivity index (χ3v) is 3.84. The zero-order chi connectivity index (χ0) is 11.5. The highest BCUT2D eigenvalue weighted by Gasteiger charge is 2.19. The molecule has 0 aliphatic carbocycles. The molecule has 88 valence electrons. The van der Waals surface area contributed by atoms with E-state index in [0.717, 1.165) is 31.3 Å². The molecule has 7 heteroatoms. The van der Waals surface area contributed by atoms with E-state index in [2.05, 4.69) is 14.8 Å². The summed E-state index contributed by atoms with van der Waals surface area (Å²) >= 11 is 12.3. The van der Waals surface area contributed by atoms with Gasteiger partial charge in [0, 0.05) is 38.1 Å². The Kier molecular flexibility index (Phi) is 3.96. The Morgan fingerprint density at radius 3 is 2.69 bits per heavy atom. The second-order valence-corrected chi connectivity index (χ2v) is 5.43. The van der Waals surface area contributed by atoms with Gasteiger partial charge in [-0.15, -0.1) is 11.3 Å². The molecule has 0 spiro atoms. The maximum Gasteiger partial charge on any atom is 0.186 e. The van der Waals surface area contributed by atoms with Crippen molar-refractivity contribution in [3.05, 3.63) is 10.5 Å². The van der Waals surface area contributed by atoms with Crippen LogP contribution in [0, 0.1) is 0 Å². The van der Waals surface area contributed by atoms with Crippen LogP contribution in [0.15, 0.2) is 5.38 Å². The second-order valence-electron chi connectivity index (χ2n) is 3.68. The fourth-order valence-electron chi connectivity index (χ4n) is 1.71. The van der Waals surface area contributed by atoms with Gasteiger partial charge in [-0.1, -0.05) is 23.8 Å². The topological polar surface area (TPSA) is 45.4 Å². The molecule has 0 unspecified atom stereocenters. The summed E-state index contributed by atoms with van der Waals surface area (Å²) in [7, 11) is 0. The number of nitrogens with two attached hydrogens (primary N) is 1. The lowest BCUT2D eigenvalue weighted by molar-refractivity contribution is 0.292. The number of thiazole rings is 1. The van der Waals surface area contributed by atoms with E-state index in [1.54, 1.807) is 11.3 Å². The van der Waals surface area contributed by atoms with Crippen molar-refractivity contribution < 1.29 is 0 Å². The van der Waals surface area contributed by atoms with Gasteiger partial charge in [0.25, 0.3) is 0 Å². The fourth-order valence-corrected chi connectivity index (χ4v) is 2.89. The first-order valence-corrected chi connectivity index (χ1v) is 6.68. The summed E-state index contributed by atoms with van der Waals surface area (Å²) in [5.74, 6) is 0. The Balaban J connectivity index is 1.87. The Bertz CT molecular complexity index is 373. The molecule has 1 fully saturated rings. The molecule has 1 saturated heterocycles. The molecule has 0 bridgehead atoms. The van der Waals surface area contributed by atoms with Gasteiger partial charge < -0.3 is 10.6 Å². The van der Waals surface area contributed by atoms with E-state index >= 15 is 0 Å². The Morgan fingerprint density at radius 1 is 1.50 bits per heavy atom. The van der Waals surface area contributed by atoms with Crippen LogP contribution in [-0.4, -0.2) is 47.6 Å². The minimum absolute atomic E-state index is 0.561. The lowest BCUT2D eigenvalue weighted by Crippen LogP contribution is -2.48. The van der Waals surface area contributed by atoms with Crippen LogP contribution in [0.3, 0.4) is 0 Å². The molecule has 0 saturated carbocycles. The van der Waals surface area contributed by atoms with Gasteiger partial charge in [-0.25, -0.2) is 4.98 Å². The minimum Gasteiger partial charge on any atom is -0.392 e. The van der Waals surface area contributed by atoms with Crippen molar-refractivity contribution in [1.82, 2.24) is 9.88 Å². The highest BCUT2D eigenvalue weighted by Crippen LogP contribution is 2.23. The number of hydrogen-bond donors (Lipinski definition) is 1. The molecule has 0 amide bonds. The molecule has 1 aliphatic rings. The zero-order valence-electron chi connectivity index (χ0n) is 8.73. The number of halogens is 1. The van der Waals surface area contributed by atoms with E-state index < -0.39 is 0 Å². The summed E-state index contributed by atoms with van der Waals surface area (Å²) in [5.41, 5.74) is 5.52. The van der Waals surface area contributed by atoms with Crippen LogP contribution in [-0.2, 0) is 0 Å². The number of thiocarbonyl (C=S) groups is 1. The summed E-state index contributed by atoms with van der Waals surface area (Å²) in [4.78, 5) is 9.32. The molecular weight excluding hydrogens is 264 g/mol. The van der Waals surface area contributed by atoms with Gasteiger partial charge in [-0.2, -0.15) is 0 Å². The third kappa shape index (κ3) is 3.04. The average Bonchev–Trinajstić information content (AvgIpc) is 2.65. The summed E-state index contributed by atoms with van der Waals surface area (Å²) < 4.78 is 0. The van der Waals surface area contributed by atoms with Crippen molar-refractivity contribution >= 4 is 45.3 Å². The second kappa shape index (κ2) is 5.27. The molecule has 0 atom stereocenters. The van der Waals surface area contributed by atoms with Crippen LogP contribution in [0.1, 0.15) is 0 Å². The molecule has 0 radical (unpaired) electrons. The van der Waals surface area contributed by atoms with Crippen LogP contribution in [0.2, 0.25) is 5.15 Å². The zero-order valence-corrected chi connectivity index (χ0v) is 11.1. The average molecular weight is 277 g/mol. The molecule has 1 aliphatic heterocycles. The quantitative estimate of drug-likeness (QED) is 0.841. The standard InChI is InChI=1S/C9H13ClN4S2/c10-7-6-16-9(12-7)14-3-1-13(2-4-14)5-8(11)15/h6H,1-5H2,(H2,11,15). The van der Waals surface area contributed by atoms with E-state index in [4.69, 9.17) is 29.6 Å². The fraction of sp³-hybridized carbons (Fsp3) is 0.556. The highest BCUT2D eigenvalue weighted by atomic mass is 35.5. The van der Waals surface area contributed by atoms with Crippen LogP contribution < -0.4 is 10.6 Å². The molecule has 2 N–H and O–H groups in total. The molecule has 2 rings (SSSR count). The molecule has 2 heterocycles. The van der Waals surface area contributed by atoms with Crippen molar-refractivity contribution in [2.24, 2.45) is 5.73 Å². The Hall–Kier alpha value is -0.430. The van der Waals surface area contributed by atoms with E-state index in [9.17, 15) is 0 Å². The van der Waals surface area contributed by atoms with Gasteiger partial charge in [-0.05, 0) is 0 Å². The largest absolute Gasteiger partial charge is 0.392 e. The first kappa shape index (κ1) is 12.0. The molecule has 0 aromatic carbocycles. The lowest BCUT2D eigenvalue weighted by atomic mass is 10.3. The lowest BCUT2D eigenvalue weighted by Gasteiger charge is -2.34. The maximum atomic E-state index is 5.81. The van der Waals surface area contributed by atoms with Gasteiger partial charge in [0.1, 0.15) is 5.15 Å². The summed E-state index contributed by atoms with van der Waals surface area (Å²) in [6, 6.07) is 0. The van der Waals surface area contributed by atoms with Crippen LogP contribution >= 0.6 is 35.2 Å². The predicted octanol–water partition coefficient (Wildman–Crippen LogP) is 1.20. The SMILES string of the molecule is NC(=S)CN1CCN(c2nc(Cl)cs2)CC1. The van der Waals surface area contributed by atoms with E-state index in [1.807, 2.05) is 5.38 Å². The van der Waals surface area contributed by atoms with Crippen molar-refractivity contribution in [2.75, 3.05) is 37.6 Å². The molecule has 1 aromatic rings. The molecule has 1 aromatic heterocycles. The van der Waals surface area contributed by atoms with E-state index in [1.165, 1.54) is 0 Å². The first-order valence-electron chi connectivity index (χ1n) is 5.02. The first-order chi connectivity index (χ1) is 7.65. The van der Waals surface area contributed by atoms with Gasteiger partial charge in [0.2, 0.25) is 0 Å². The number of piperazine rings is 1. The summed E-state index contributed by atoms with van der Waals surface area (Å²) in [5, 5.41) is 3.43. The normalized spacial score (nSPS) is 17.7. The number of nitrogens with zero attached hydrogens (tertiary/aromatic N) is 3. The monoisotopic (exact) mass is 276 g/mol. The third-order valence-electron chi connectivity index (χ3n) is 2.49. The van der Waals surface area contributed by atoms with Gasteiger partial charge >= 0.3 is 0 Å². The van der Waals surface area contributed by atoms with Gasteiger partial charge in [-0.3, -0.25) is 4.90 Å². The summed E-state index contributed by atoms with van der Waals surface area (Å²) in [6.07, 6.45) is 0. The van der Waals surface area contributed by atoms with E-state index in [-0.39, 0.29) is 0 Å². The van der Waals surface area contributed by atoms with Crippen LogP contribution in [0.4, 0.5) is 5.13 Å². The Morgan fingerprint density at radius 2 is 2.19 bits per heavy atom. The van der Waals surface area contributed by atoms with Crippen LogP contribution in [0.25, 0.3) is 0 Å². The number of rotatable bonds is 3. The highest BCUT2D eigenvalue weighted by molar-refractivity contribution is 7.80.